The van der Waals surface area contributed by atoms with Crippen LogP contribution in [-0.2, 0) is 10.2 Å². The molecular formula is C10H8FNO2S. The Morgan fingerprint density at radius 2 is 1.93 bits per heavy atom. The van der Waals surface area contributed by atoms with Crippen molar-refractivity contribution in [1.82, 2.24) is 4.98 Å². The smallest absolute Gasteiger partial charge is 0.234 e. The van der Waals surface area contributed by atoms with Crippen molar-refractivity contribution >= 4 is 21.1 Å². The third-order valence-corrected chi connectivity index (χ3v) is 2.86. The van der Waals surface area contributed by atoms with Crippen molar-refractivity contribution in [2.45, 2.75) is 11.9 Å². The number of benzene rings is 1. The first kappa shape index (κ1) is 10.0. The SMILES string of the molecule is Cc1cc(S(=O)(=O)F)nc2ccccc12. The molecule has 1 aromatic heterocycles. The molecule has 0 unspecified atom stereocenters. The first-order valence-electron chi connectivity index (χ1n) is 4.29. The highest BCUT2D eigenvalue weighted by molar-refractivity contribution is 7.86. The Labute approximate surface area is 86.8 Å². The van der Waals surface area contributed by atoms with Crippen LogP contribution in [0.1, 0.15) is 5.56 Å². The zero-order valence-corrected chi connectivity index (χ0v) is 8.75. The lowest BCUT2D eigenvalue weighted by Gasteiger charge is -2.02. The van der Waals surface area contributed by atoms with Crippen LogP contribution in [0.2, 0.25) is 0 Å². The Bertz CT molecular complexity index is 622. The average Bonchev–Trinajstić information content (AvgIpc) is 2.16. The first-order valence-corrected chi connectivity index (χ1v) is 5.68. The van der Waals surface area contributed by atoms with Crippen molar-refractivity contribution < 1.29 is 12.3 Å². The van der Waals surface area contributed by atoms with Gasteiger partial charge in [0.05, 0.1) is 5.52 Å². The largest absolute Gasteiger partial charge is 0.349 e. The van der Waals surface area contributed by atoms with Gasteiger partial charge < -0.3 is 0 Å². The molecule has 15 heavy (non-hydrogen) atoms. The van der Waals surface area contributed by atoms with Gasteiger partial charge in [-0.05, 0) is 24.6 Å². The number of rotatable bonds is 1. The highest BCUT2D eigenvalue weighted by atomic mass is 32.3. The summed E-state index contributed by atoms with van der Waals surface area (Å²) in [7, 11) is -4.73. The Balaban J connectivity index is 2.85. The molecule has 1 aromatic carbocycles. The number of pyridine rings is 1. The zero-order chi connectivity index (χ0) is 11.1. The monoisotopic (exact) mass is 225 g/mol. The van der Waals surface area contributed by atoms with Crippen molar-refractivity contribution in [2.24, 2.45) is 0 Å². The molecule has 3 nitrogen and oxygen atoms in total. The number of hydrogen-bond donors (Lipinski definition) is 0. The van der Waals surface area contributed by atoms with Crippen molar-refractivity contribution in [1.29, 1.82) is 0 Å². The summed E-state index contributed by atoms with van der Waals surface area (Å²) in [6, 6.07) is 8.24. The Hall–Kier alpha value is -1.49. The number of halogens is 1. The summed E-state index contributed by atoms with van der Waals surface area (Å²) in [6.07, 6.45) is 0. The van der Waals surface area contributed by atoms with E-state index in [0.29, 0.717) is 11.1 Å². The van der Waals surface area contributed by atoms with Crippen LogP contribution in [0.5, 0.6) is 0 Å². The summed E-state index contributed by atoms with van der Waals surface area (Å²) >= 11 is 0. The van der Waals surface area contributed by atoms with Crippen LogP contribution in [0.3, 0.4) is 0 Å². The van der Waals surface area contributed by atoms with E-state index in [1.165, 1.54) is 6.07 Å². The lowest BCUT2D eigenvalue weighted by atomic mass is 10.1. The van der Waals surface area contributed by atoms with Gasteiger partial charge in [-0.2, -0.15) is 8.42 Å². The number of fused-ring (bicyclic) bond motifs is 1. The molecule has 2 aromatic rings. The third kappa shape index (κ3) is 1.83. The molecule has 0 bridgehead atoms. The fourth-order valence-electron chi connectivity index (χ4n) is 1.44. The van der Waals surface area contributed by atoms with Crippen LogP contribution in [0, 0.1) is 6.92 Å². The second kappa shape index (κ2) is 3.27. The van der Waals surface area contributed by atoms with Gasteiger partial charge in [0, 0.05) is 5.39 Å². The van der Waals surface area contributed by atoms with Gasteiger partial charge in [0.2, 0.25) is 0 Å². The predicted octanol–water partition coefficient (Wildman–Crippen LogP) is 2.20. The van der Waals surface area contributed by atoms with Crippen LogP contribution in [-0.4, -0.2) is 13.4 Å². The fraction of sp³-hybridized carbons (Fsp3) is 0.100. The average molecular weight is 225 g/mol. The molecule has 0 saturated carbocycles. The predicted molar refractivity (Wildman–Crippen MR) is 54.8 cm³/mol. The van der Waals surface area contributed by atoms with Crippen LogP contribution < -0.4 is 0 Å². The highest BCUT2D eigenvalue weighted by Crippen LogP contribution is 2.20. The van der Waals surface area contributed by atoms with Gasteiger partial charge in [-0.1, -0.05) is 22.1 Å². The molecule has 0 aliphatic carbocycles. The Morgan fingerprint density at radius 3 is 2.60 bits per heavy atom. The topological polar surface area (TPSA) is 47.0 Å². The van der Waals surface area contributed by atoms with Gasteiger partial charge in [-0.3, -0.25) is 0 Å². The number of aryl methyl sites for hydroxylation is 1. The van der Waals surface area contributed by atoms with Crippen LogP contribution in [0.25, 0.3) is 10.9 Å². The van der Waals surface area contributed by atoms with E-state index in [9.17, 15) is 12.3 Å². The van der Waals surface area contributed by atoms with E-state index in [-0.39, 0.29) is 0 Å². The van der Waals surface area contributed by atoms with Gasteiger partial charge in [-0.15, -0.1) is 0 Å². The normalized spacial score (nSPS) is 11.9. The first-order chi connectivity index (χ1) is 6.98. The summed E-state index contributed by atoms with van der Waals surface area (Å²) in [4.78, 5) is 3.74. The lowest BCUT2D eigenvalue weighted by molar-refractivity contribution is 0.548. The van der Waals surface area contributed by atoms with E-state index in [2.05, 4.69) is 4.98 Å². The van der Waals surface area contributed by atoms with Crippen molar-refractivity contribution in [3.63, 3.8) is 0 Å². The van der Waals surface area contributed by atoms with Crippen LogP contribution in [0.4, 0.5) is 3.89 Å². The quantitative estimate of drug-likeness (QED) is 0.699. The zero-order valence-electron chi connectivity index (χ0n) is 7.94. The maximum absolute atomic E-state index is 12.7. The highest BCUT2D eigenvalue weighted by Gasteiger charge is 2.15. The molecule has 0 radical (unpaired) electrons. The lowest BCUT2D eigenvalue weighted by Crippen LogP contribution is -1.97. The van der Waals surface area contributed by atoms with Crippen molar-refractivity contribution in [3.8, 4) is 0 Å². The number of nitrogens with zero attached hydrogens (tertiary/aromatic N) is 1. The molecule has 0 N–H and O–H groups in total. The molecule has 0 spiro atoms. The van der Waals surface area contributed by atoms with Gasteiger partial charge in [0.25, 0.3) is 0 Å². The van der Waals surface area contributed by atoms with E-state index in [0.717, 1.165) is 5.39 Å². The van der Waals surface area contributed by atoms with Gasteiger partial charge in [0.15, 0.2) is 5.03 Å². The molecular weight excluding hydrogens is 217 g/mol. The van der Waals surface area contributed by atoms with E-state index < -0.39 is 15.2 Å². The third-order valence-electron chi connectivity index (χ3n) is 2.15. The molecule has 2 rings (SSSR count). The van der Waals surface area contributed by atoms with Crippen molar-refractivity contribution in [2.75, 3.05) is 0 Å². The molecule has 1 heterocycles. The summed E-state index contributed by atoms with van der Waals surface area (Å²) in [5.41, 5.74) is 1.17. The second-order valence-electron chi connectivity index (χ2n) is 3.23. The van der Waals surface area contributed by atoms with E-state index in [4.69, 9.17) is 0 Å². The molecule has 0 aliphatic heterocycles. The summed E-state index contributed by atoms with van der Waals surface area (Å²) in [5, 5.41) is 0.295. The number of aromatic nitrogens is 1. The van der Waals surface area contributed by atoms with Crippen molar-refractivity contribution in [3.05, 3.63) is 35.9 Å². The number of hydrogen-bond acceptors (Lipinski definition) is 3. The maximum Gasteiger partial charge on any atom is 0.349 e. The molecule has 5 heteroatoms. The van der Waals surface area contributed by atoms with E-state index in [1.807, 2.05) is 12.1 Å². The molecule has 0 saturated heterocycles. The maximum atomic E-state index is 12.7. The van der Waals surface area contributed by atoms with Crippen LogP contribution >= 0.6 is 0 Å². The minimum Gasteiger partial charge on any atom is -0.234 e. The summed E-state index contributed by atoms with van der Waals surface area (Å²) in [6.45, 7) is 1.72. The summed E-state index contributed by atoms with van der Waals surface area (Å²) < 4.78 is 34.1. The van der Waals surface area contributed by atoms with Gasteiger partial charge in [-0.25, -0.2) is 4.98 Å². The molecule has 0 aliphatic rings. The minimum absolute atomic E-state index is 0.480. The van der Waals surface area contributed by atoms with E-state index in [1.54, 1.807) is 19.1 Å². The molecule has 78 valence electrons. The molecule has 0 fully saturated rings. The Morgan fingerprint density at radius 1 is 1.27 bits per heavy atom. The minimum atomic E-state index is -4.73. The van der Waals surface area contributed by atoms with Crippen LogP contribution in [0.15, 0.2) is 35.4 Å². The second-order valence-corrected chi connectivity index (χ2v) is 4.53. The van der Waals surface area contributed by atoms with Gasteiger partial charge >= 0.3 is 10.2 Å². The summed E-state index contributed by atoms with van der Waals surface area (Å²) in [5.74, 6) is 0. The fourth-order valence-corrected chi connectivity index (χ4v) is 1.97. The molecule has 0 atom stereocenters. The number of para-hydroxylation sites is 1. The van der Waals surface area contributed by atoms with E-state index >= 15 is 0 Å². The molecule has 0 amide bonds. The van der Waals surface area contributed by atoms with Gasteiger partial charge in [0.1, 0.15) is 0 Å². The Kier molecular flexibility index (Phi) is 2.19. The standard InChI is InChI=1S/C10H8FNO2S/c1-7-6-10(15(11,13)14)12-9-5-3-2-4-8(7)9/h2-6H,1H3.